The van der Waals surface area contributed by atoms with Crippen LogP contribution in [0, 0.1) is 12.7 Å². The summed E-state index contributed by atoms with van der Waals surface area (Å²) in [6.45, 7) is 1.84. The van der Waals surface area contributed by atoms with Crippen molar-refractivity contribution >= 4 is 11.5 Å². The summed E-state index contributed by atoms with van der Waals surface area (Å²) in [5, 5.41) is 0. The second kappa shape index (κ2) is 5.10. The zero-order chi connectivity index (χ0) is 14.0. The number of nitrogen functional groups attached to an aromatic ring is 1. The van der Waals surface area contributed by atoms with Crippen LogP contribution in [0.3, 0.4) is 0 Å². The number of hydrogen-bond acceptors (Lipinski definition) is 3. The molecule has 3 nitrogen and oxygen atoms in total. The van der Waals surface area contributed by atoms with Gasteiger partial charge in [0.1, 0.15) is 11.6 Å². The maximum Gasteiger partial charge on any atom is 0.193 e. The van der Waals surface area contributed by atoms with E-state index in [1.165, 1.54) is 18.2 Å². The fourth-order valence-corrected chi connectivity index (χ4v) is 1.93. The van der Waals surface area contributed by atoms with E-state index in [-0.39, 0.29) is 17.0 Å². The van der Waals surface area contributed by atoms with Crippen molar-refractivity contribution < 1.29 is 13.9 Å². The van der Waals surface area contributed by atoms with Crippen LogP contribution in [-0.4, -0.2) is 12.9 Å². The highest BCUT2D eigenvalue weighted by molar-refractivity contribution is 6.09. The third kappa shape index (κ3) is 2.73. The molecule has 0 aliphatic rings. The fraction of sp³-hybridized carbons (Fsp3) is 0.133. The van der Waals surface area contributed by atoms with Gasteiger partial charge in [-0.3, -0.25) is 4.79 Å². The number of ether oxygens (including phenoxy) is 1. The first-order chi connectivity index (χ1) is 9.01. The van der Waals surface area contributed by atoms with Crippen LogP contribution >= 0.6 is 0 Å². The lowest BCUT2D eigenvalue weighted by Crippen LogP contribution is -2.04. The molecule has 0 spiro atoms. The van der Waals surface area contributed by atoms with Gasteiger partial charge >= 0.3 is 0 Å². The molecule has 0 radical (unpaired) electrons. The summed E-state index contributed by atoms with van der Waals surface area (Å²) in [7, 11) is 1.57. The molecule has 0 amide bonds. The third-order valence-corrected chi connectivity index (χ3v) is 2.84. The van der Waals surface area contributed by atoms with Crippen molar-refractivity contribution in [1.82, 2.24) is 0 Å². The van der Waals surface area contributed by atoms with Crippen LogP contribution in [0.25, 0.3) is 0 Å². The summed E-state index contributed by atoms with van der Waals surface area (Å²) in [6, 6.07) is 8.89. The number of ketones is 1. The summed E-state index contributed by atoms with van der Waals surface area (Å²) in [5.41, 5.74) is 7.33. The van der Waals surface area contributed by atoms with Gasteiger partial charge in [0.2, 0.25) is 0 Å². The maximum atomic E-state index is 13.2. The van der Waals surface area contributed by atoms with Crippen molar-refractivity contribution in [2.75, 3.05) is 12.8 Å². The Balaban J connectivity index is 2.41. The monoisotopic (exact) mass is 259 g/mol. The molecule has 0 aliphatic heterocycles. The molecular weight excluding hydrogens is 245 g/mol. The summed E-state index contributed by atoms with van der Waals surface area (Å²) < 4.78 is 18.4. The number of halogens is 1. The molecule has 0 unspecified atom stereocenters. The van der Waals surface area contributed by atoms with Crippen molar-refractivity contribution in [2.24, 2.45) is 0 Å². The van der Waals surface area contributed by atoms with Gasteiger partial charge < -0.3 is 10.5 Å². The predicted molar refractivity (Wildman–Crippen MR) is 72.0 cm³/mol. The SMILES string of the molecule is COc1ccc(C(=O)c2cc(N)cc(F)c2)cc1C. The largest absolute Gasteiger partial charge is 0.496 e. The third-order valence-electron chi connectivity index (χ3n) is 2.84. The van der Waals surface area contributed by atoms with E-state index in [1.54, 1.807) is 25.3 Å². The molecule has 2 aromatic carbocycles. The predicted octanol–water partition coefficient (Wildman–Crippen LogP) is 2.96. The zero-order valence-electron chi connectivity index (χ0n) is 10.7. The topological polar surface area (TPSA) is 52.3 Å². The van der Waals surface area contributed by atoms with Gasteiger partial charge in [-0.25, -0.2) is 4.39 Å². The Labute approximate surface area is 110 Å². The lowest BCUT2D eigenvalue weighted by atomic mass is 10.0. The second-order valence-electron chi connectivity index (χ2n) is 4.29. The summed E-state index contributed by atoms with van der Waals surface area (Å²) in [4.78, 5) is 12.2. The van der Waals surface area contributed by atoms with Crippen LogP contribution in [0.2, 0.25) is 0 Å². The highest BCUT2D eigenvalue weighted by atomic mass is 19.1. The van der Waals surface area contributed by atoms with Gasteiger partial charge in [-0.05, 0) is 48.9 Å². The molecule has 0 saturated carbocycles. The molecule has 98 valence electrons. The lowest BCUT2D eigenvalue weighted by Gasteiger charge is -2.07. The first-order valence-electron chi connectivity index (χ1n) is 5.76. The normalized spacial score (nSPS) is 10.3. The number of rotatable bonds is 3. The number of methoxy groups -OCH3 is 1. The molecule has 0 bridgehead atoms. The number of benzene rings is 2. The second-order valence-corrected chi connectivity index (χ2v) is 4.29. The van der Waals surface area contributed by atoms with E-state index in [4.69, 9.17) is 10.5 Å². The Morgan fingerprint density at radius 2 is 1.89 bits per heavy atom. The van der Waals surface area contributed by atoms with E-state index in [0.29, 0.717) is 11.3 Å². The Bertz CT molecular complexity index is 618. The number of nitrogens with two attached hydrogens (primary N) is 1. The average molecular weight is 259 g/mol. The highest BCUT2D eigenvalue weighted by Gasteiger charge is 2.12. The van der Waals surface area contributed by atoms with E-state index in [0.717, 1.165) is 5.56 Å². The number of carbonyl (C=O) groups excluding carboxylic acids is 1. The maximum absolute atomic E-state index is 13.2. The van der Waals surface area contributed by atoms with Gasteiger partial charge in [-0.15, -0.1) is 0 Å². The van der Waals surface area contributed by atoms with Crippen LogP contribution in [0.1, 0.15) is 21.5 Å². The molecule has 0 aliphatic carbocycles. The highest BCUT2D eigenvalue weighted by Crippen LogP contribution is 2.21. The Morgan fingerprint density at radius 3 is 2.47 bits per heavy atom. The van der Waals surface area contributed by atoms with Crippen LogP contribution in [0.4, 0.5) is 10.1 Å². The average Bonchev–Trinajstić information content (AvgIpc) is 2.36. The molecule has 0 saturated heterocycles. The van der Waals surface area contributed by atoms with Crippen molar-refractivity contribution in [3.05, 3.63) is 58.9 Å². The molecule has 2 rings (SSSR count). The lowest BCUT2D eigenvalue weighted by molar-refractivity contribution is 0.103. The zero-order valence-corrected chi connectivity index (χ0v) is 10.7. The van der Waals surface area contributed by atoms with Crippen LogP contribution < -0.4 is 10.5 Å². The summed E-state index contributed by atoms with van der Waals surface area (Å²) in [6.07, 6.45) is 0. The number of hydrogen-bond donors (Lipinski definition) is 1. The summed E-state index contributed by atoms with van der Waals surface area (Å²) in [5.74, 6) is -0.0826. The van der Waals surface area contributed by atoms with Crippen LogP contribution in [-0.2, 0) is 0 Å². The number of anilines is 1. The number of carbonyl (C=O) groups is 1. The van der Waals surface area contributed by atoms with Gasteiger partial charge in [0, 0.05) is 16.8 Å². The van der Waals surface area contributed by atoms with E-state index < -0.39 is 5.82 Å². The standard InChI is InChI=1S/C15H14FNO2/c1-9-5-10(3-4-14(9)19-2)15(18)11-6-12(16)8-13(17)7-11/h3-8H,17H2,1-2H3. The van der Waals surface area contributed by atoms with E-state index in [9.17, 15) is 9.18 Å². The first-order valence-corrected chi connectivity index (χ1v) is 5.76. The van der Waals surface area contributed by atoms with E-state index >= 15 is 0 Å². The molecule has 19 heavy (non-hydrogen) atoms. The van der Waals surface area contributed by atoms with E-state index in [1.807, 2.05) is 6.92 Å². The molecule has 0 aromatic heterocycles. The van der Waals surface area contributed by atoms with Gasteiger partial charge in [0.25, 0.3) is 0 Å². The molecule has 2 aromatic rings. The fourth-order valence-electron chi connectivity index (χ4n) is 1.93. The minimum Gasteiger partial charge on any atom is -0.496 e. The quantitative estimate of drug-likeness (QED) is 0.681. The minimum atomic E-state index is -0.520. The Morgan fingerprint density at radius 1 is 1.16 bits per heavy atom. The molecule has 0 heterocycles. The molecule has 2 N–H and O–H groups in total. The van der Waals surface area contributed by atoms with Crippen molar-refractivity contribution in [3.63, 3.8) is 0 Å². The van der Waals surface area contributed by atoms with Gasteiger partial charge in [-0.2, -0.15) is 0 Å². The van der Waals surface area contributed by atoms with Crippen LogP contribution in [0.15, 0.2) is 36.4 Å². The minimum absolute atomic E-state index is 0.230. The van der Waals surface area contributed by atoms with Gasteiger partial charge in [0.05, 0.1) is 7.11 Å². The van der Waals surface area contributed by atoms with Gasteiger partial charge in [0.15, 0.2) is 5.78 Å². The molecule has 4 heteroatoms. The van der Waals surface area contributed by atoms with Crippen molar-refractivity contribution in [1.29, 1.82) is 0 Å². The molecule has 0 fully saturated rings. The van der Waals surface area contributed by atoms with Crippen LogP contribution in [0.5, 0.6) is 5.75 Å². The number of aryl methyl sites for hydroxylation is 1. The Hall–Kier alpha value is -2.36. The van der Waals surface area contributed by atoms with Gasteiger partial charge in [-0.1, -0.05) is 0 Å². The Kier molecular flexibility index (Phi) is 3.51. The van der Waals surface area contributed by atoms with Crippen molar-refractivity contribution in [3.8, 4) is 5.75 Å². The van der Waals surface area contributed by atoms with E-state index in [2.05, 4.69) is 0 Å². The first kappa shape index (κ1) is 13.1. The summed E-state index contributed by atoms with van der Waals surface area (Å²) >= 11 is 0. The molecule has 0 atom stereocenters. The van der Waals surface area contributed by atoms with Crippen molar-refractivity contribution in [2.45, 2.75) is 6.92 Å². The molecular formula is C15H14FNO2. The smallest absolute Gasteiger partial charge is 0.193 e.